The lowest BCUT2D eigenvalue weighted by atomic mass is 10.1. The highest BCUT2D eigenvalue weighted by molar-refractivity contribution is 7.22. The number of phenolic OH excluding ortho intramolecular Hbond substituents is 2. The van der Waals surface area contributed by atoms with Crippen LogP contribution in [-0.2, 0) is 22.7 Å². The Labute approximate surface area is 346 Å². The number of nitrogens with two attached hydrogens (primary N) is 1. The number of fused-ring (bicyclic) bond motifs is 4. The van der Waals surface area contributed by atoms with Gasteiger partial charge in [0.15, 0.2) is 5.13 Å². The van der Waals surface area contributed by atoms with E-state index in [2.05, 4.69) is 61.2 Å². The standard InChI is InChI=1S/C24H19N3O2S.C21H15N5O2S/c1-3-23(29)27-20-11-5-8-17-18(20)9-4-10-19(17)25-12-6-7-16-13-21(28)24-22(14-16)30-15(2)26-24;1-2-18(28)23-11-14-6-3-7-15-19(14)24-12-26(15)8-4-5-13-9-16(27)20-17(10-13)29-21(22)25-20/h3-5,8-11,13-14,25,28H,1,12H2,2H3,(H,27,29);1,3,6-7,9-10,12,27H,8,11H2,(H2,22,25)(H,23,28). The number of terminal acetylenes is 1. The average molecular weight is 815 g/mol. The zero-order chi connectivity index (χ0) is 41.5. The molecule has 59 heavy (non-hydrogen) atoms. The molecule has 14 heteroatoms. The Kier molecular flexibility index (Phi) is 11.7. The maximum absolute atomic E-state index is 11.7. The SMILES string of the molecule is C#CC(=O)NCc1cccc2c1ncn2CC#Cc1cc(O)c2nc(N)sc2c1.C=CC(=O)Nc1cccc2c(NCC#Cc3cc(O)c4nc(C)sc4c3)cccc12. The van der Waals surface area contributed by atoms with Crippen molar-refractivity contribution in [2.45, 2.75) is 20.0 Å². The quantitative estimate of drug-likeness (QED) is 0.0712. The van der Waals surface area contributed by atoms with Gasteiger partial charge in [0, 0.05) is 39.8 Å². The van der Waals surface area contributed by atoms with Gasteiger partial charge < -0.3 is 36.5 Å². The van der Waals surface area contributed by atoms with E-state index in [9.17, 15) is 19.8 Å². The number of carbonyl (C=O) groups is 2. The van der Waals surface area contributed by atoms with Crippen LogP contribution in [0.5, 0.6) is 11.5 Å². The van der Waals surface area contributed by atoms with E-state index in [1.165, 1.54) is 28.7 Å². The molecule has 7 N–H and O–H groups in total. The first-order valence-corrected chi connectivity index (χ1v) is 19.6. The van der Waals surface area contributed by atoms with Crippen LogP contribution in [0.1, 0.15) is 21.7 Å². The minimum Gasteiger partial charge on any atom is -0.506 e. The second kappa shape index (κ2) is 17.5. The van der Waals surface area contributed by atoms with Crippen LogP contribution < -0.4 is 21.7 Å². The molecular formula is C45H34N8O4S2. The Morgan fingerprint density at radius 1 is 0.881 bits per heavy atom. The zero-order valence-corrected chi connectivity index (χ0v) is 33.1. The molecule has 0 aliphatic carbocycles. The highest BCUT2D eigenvalue weighted by atomic mass is 32.1. The summed E-state index contributed by atoms with van der Waals surface area (Å²) in [5, 5.41) is 32.3. The fourth-order valence-corrected chi connectivity index (χ4v) is 7.89. The molecular weight excluding hydrogens is 781 g/mol. The Morgan fingerprint density at radius 2 is 1.54 bits per heavy atom. The van der Waals surface area contributed by atoms with Crippen molar-refractivity contribution in [3.8, 4) is 47.5 Å². The van der Waals surface area contributed by atoms with Crippen molar-refractivity contribution in [2.24, 2.45) is 0 Å². The summed E-state index contributed by atoms with van der Waals surface area (Å²) >= 11 is 2.84. The molecule has 0 fully saturated rings. The number of carbonyl (C=O) groups excluding carboxylic acids is 2. The molecule has 12 nitrogen and oxygen atoms in total. The number of aromatic hydroxyl groups is 2. The van der Waals surface area contributed by atoms with Crippen molar-refractivity contribution in [1.82, 2.24) is 24.8 Å². The second-order valence-corrected chi connectivity index (χ2v) is 15.1. The van der Waals surface area contributed by atoms with Crippen LogP contribution in [-0.4, -0.2) is 48.1 Å². The number of hydrogen-bond donors (Lipinski definition) is 6. The first-order valence-electron chi connectivity index (χ1n) is 17.9. The number of hydrogen-bond acceptors (Lipinski definition) is 11. The molecule has 0 aliphatic rings. The maximum Gasteiger partial charge on any atom is 0.295 e. The average Bonchev–Trinajstić information content (AvgIpc) is 3.95. The Balaban J connectivity index is 0.000000179. The molecule has 0 atom stereocenters. The molecule has 8 rings (SSSR count). The van der Waals surface area contributed by atoms with Gasteiger partial charge in [0.05, 0.1) is 44.9 Å². The predicted octanol–water partition coefficient (Wildman–Crippen LogP) is 7.29. The van der Waals surface area contributed by atoms with Gasteiger partial charge in [-0.1, -0.05) is 78.0 Å². The number of benzene rings is 5. The summed E-state index contributed by atoms with van der Waals surface area (Å²) in [6.45, 7) is 6.57. The smallest absolute Gasteiger partial charge is 0.295 e. The molecule has 290 valence electrons. The fraction of sp³-hybridized carbons (Fsp3) is 0.0889. The van der Waals surface area contributed by atoms with E-state index >= 15 is 0 Å². The molecule has 0 aliphatic heterocycles. The van der Waals surface area contributed by atoms with Gasteiger partial charge in [0.25, 0.3) is 5.91 Å². The molecule has 0 saturated carbocycles. The van der Waals surface area contributed by atoms with E-state index in [0.717, 1.165) is 58.7 Å². The van der Waals surface area contributed by atoms with Crippen molar-refractivity contribution in [3.63, 3.8) is 0 Å². The lowest BCUT2D eigenvalue weighted by Crippen LogP contribution is -2.20. The summed E-state index contributed by atoms with van der Waals surface area (Å²) in [7, 11) is 0. The highest BCUT2D eigenvalue weighted by Crippen LogP contribution is 2.33. The van der Waals surface area contributed by atoms with E-state index < -0.39 is 5.91 Å². The number of phenols is 2. The summed E-state index contributed by atoms with van der Waals surface area (Å²) < 4.78 is 3.63. The number of nitrogens with one attached hydrogen (secondary N) is 3. The van der Waals surface area contributed by atoms with Gasteiger partial charge in [0.1, 0.15) is 22.5 Å². The topological polar surface area (TPSA) is 180 Å². The highest BCUT2D eigenvalue weighted by Gasteiger charge is 2.11. The predicted molar refractivity (Wildman–Crippen MR) is 237 cm³/mol. The summed E-state index contributed by atoms with van der Waals surface area (Å²) in [6.07, 6.45) is 8.03. The van der Waals surface area contributed by atoms with Crippen LogP contribution in [0, 0.1) is 42.9 Å². The van der Waals surface area contributed by atoms with Gasteiger partial charge in [-0.3, -0.25) is 9.59 Å². The molecule has 3 heterocycles. The normalized spacial score (nSPS) is 10.4. The Bertz CT molecular complexity index is 3120. The minimum absolute atomic E-state index is 0.0616. The zero-order valence-electron chi connectivity index (χ0n) is 31.5. The number of rotatable bonds is 7. The Hall–Kier alpha value is -7.83. The van der Waals surface area contributed by atoms with Crippen LogP contribution in [0.15, 0.2) is 97.8 Å². The number of aromatic nitrogens is 4. The third-order valence-corrected chi connectivity index (χ3v) is 10.6. The van der Waals surface area contributed by atoms with Crippen molar-refractivity contribution >= 4 is 93.2 Å². The molecule has 0 bridgehead atoms. The number of amides is 2. The van der Waals surface area contributed by atoms with E-state index in [-0.39, 0.29) is 17.4 Å². The maximum atomic E-state index is 11.7. The third-order valence-electron chi connectivity index (χ3n) is 8.82. The van der Waals surface area contributed by atoms with E-state index in [0.29, 0.717) is 41.4 Å². The Morgan fingerprint density at radius 3 is 2.27 bits per heavy atom. The monoisotopic (exact) mass is 814 g/mol. The number of nitrogens with zero attached hydrogens (tertiary/aromatic N) is 4. The van der Waals surface area contributed by atoms with E-state index in [1.54, 1.807) is 18.5 Å². The van der Waals surface area contributed by atoms with Gasteiger partial charge in [-0.05, 0) is 66.9 Å². The summed E-state index contributed by atoms with van der Waals surface area (Å²) in [5.41, 5.74) is 12.5. The van der Waals surface area contributed by atoms with Crippen molar-refractivity contribution in [2.75, 3.05) is 22.9 Å². The van der Waals surface area contributed by atoms with Gasteiger partial charge in [0.2, 0.25) is 5.91 Å². The number of anilines is 3. The molecule has 8 aromatic rings. The molecule has 0 unspecified atom stereocenters. The van der Waals surface area contributed by atoms with E-state index in [4.69, 9.17) is 12.2 Å². The molecule has 2 amide bonds. The van der Waals surface area contributed by atoms with Gasteiger partial charge in [-0.2, -0.15) is 0 Å². The minimum atomic E-state index is -0.463. The van der Waals surface area contributed by atoms with Gasteiger partial charge >= 0.3 is 0 Å². The van der Waals surface area contributed by atoms with Crippen LogP contribution >= 0.6 is 22.7 Å². The number of imidazole rings is 1. The van der Waals surface area contributed by atoms with Gasteiger partial charge in [-0.25, -0.2) is 15.0 Å². The van der Waals surface area contributed by atoms with Crippen LogP contribution in [0.2, 0.25) is 0 Å². The number of para-hydroxylation sites is 1. The van der Waals surface area contributed by atoms with Crippen molar-refractivity contribution in [1.29, 1.82) is 0 Å². The molecule has 5 aromatic carbocycles. The second-order valence-electron chi connectivity index (χ2n) is 12.8. The van der Waals surface area contributed by atoms with Crippen LogP contribution in [0.4, 0.5) is 16.5 Å². The third kappa shape index (κ3) is 9.09. The van der Waals surface area contributed by atoms with E-state index in [1.807, 2.05) is 84.1 Å². The number of aryl methyl sites for hydroxylation is 1. The summed E-state index contributed by atoms with van der Waals surface area (Å²) in [5.74, 6) is 13.9. The lowest BCUT2D eigenvalue weighted by Gasteiger charge is -2.11. The fourth-order valence-electron chi connectivity index (χ4n) is 6.21. The summed E-state index contributed by atoms with van der Waals surface area (Å²) in [4.78, 5) is 35.8. The van der Waals surface area contributed by atoms with Gasteiger partial charge in [-0.15, -0.1) is 17.8 Å². The van der Waals surface area contributed by atoms with Crippen LogP contribution in [0.25, 0.3) is 42.2 Å². The van der Waals surface area contributed by atoms with Crippen molar-refractivity contribution in [3.05, 3.63) is 120 Å². The molecule has 0 radical (unpaired) electrons. The number of thiazole rings is 2. The lowest BCUT2D eigenvalue weighted by molar-refractivity contribution is -0.116. The first-order chi connectivity index (χ1) is 28.6. The summed E-state index contributed by atoms with van der Waals surface area (Å²) in [6, 6.07) is 24.3. The van der Waals surface area contributed by atoms with Crippen molar-refractivity contribution < 1.29 is 19.8 Å². The molecule has 0 spiro atoms. The molecule has 0 saturated heterocycles. The largest absolute Gasteiger partial charge is 0.506 e. The molecule has 3 aromatic heterocycles. The first kappa shape index (κ1) is 39.4. The number of nitrogen functional groups attached to an aromatic ring is 1. The van der Waals surface area contributed by atoms with Crippen LogP contribution in [0.3, 0.4) is 0 Å².